The highest BCUT2D eigenvalue weighted by molar-refractivity contribution is 7.59. The lowest BCUT2D eigenvalue weighted by molar-refractivity contribution is -0.0536. The molecule has 5 saturated heterocycles. The highest BCUT2D eigenvalue weighted by Gasteiger charge is 2.93. The zero-order chi connectivity index (χ0) is 45.3. The molecular formula is C18H64O23Si17. The van der Waals surface area contributed by atoms with Crippen LogP contribution < -0.4 is 0 Å². The summed E-state index contributed by atoms with van der Waals surface area (Å²) >= 11 is 0. The van der Waals surface area contributed by atoms with E-state index in [9.17, 15) is 9.59 Å². The highest BCUT2D eigenvalue weighted by Crippen LogP contribution is 2.58. The van der Waals surface area contributed by atoms with E-state index in [1.165, 1.54) is 0 Å². The van der Waals surface area contributed by atoms with Crippen molar-refractivity contribution in [2.75, 3.05) is 0 Å². The molecule has 0 aromatic heterocycles. The molecule has 0 aromatic carbocycles. The van der Waals surface area contributed by atoms with Crippen molar-refractivity contribution in [3.05, 3.63) is 0 Å². The van der Waals surface area contributed by atoms with Crippen molar-refractivity contribution in [3.63, 3.8) is 0 Å². The fourth-order valence-corrected chi connectivity index (χ4v) is 138. The lowest BCUT2D eigenvalue weighted by Crippen LogP contribution is -3.03. The number of hydrogen-bond acceptors (Lipinski definition) is 23. The minimum absolute atomic E-state index is 0.160. The topological polar surface area (TPSA) is 289 Å². The molecule has 0 aliphatic carbocycles. The van der Waals surface area contributed by atoms with Gasteiger partial charge in [-0.15, -0.1) is 0 Å². The van der Waals surface area contributed by atoms with Crippen molar-refractivity contribution in [1.82, 2.24) is 0 Å². The smallest absolute Gasteiger partial charge is 0.437 e. The summed E-state index contributed by atoms with van der Waals surface area (Å²) < 4.78 is 94.2. The molecule has 342 valence electrons. The van der Waals surface area contributed by atoms with E-state index in [4.69, 9.17) is 69.2 Å². The summed E-state index contributed by atoms with van der Waals surface area (Å²) in [4.78, 5) is 63.0. The first kappa shape index (κ1) is 53.4. The molecule has 0 amide bonds. The van der Waals surface area contributed by atoms with Crippen molar-refractivity contribution >= 4 is 145 Å². The van der Waals surface area contributed by atoms with E-state index in [1.54, 1.807) is 0 Å². The average Bonchev–Trinajstić information content (AvgIpc) is 2.82. The third kappa shape index (κ3) is 11.3. The van der Waals surface area contributed by atoms with Crippen LogP contribution in [0.2, 0.25) is 118 Å². The van der Waals surface area contributed by atoms with Crippen LogP contribution >= 0.6 is 0 Å². The van der Waals surface area contributed by atoms with Crippen LogP contribution in [0.5, 0.6) is 0 Å². The van der Waals surface area contributed by atoms with E-state index in [0.717, 1.165) is 0 Å². The molecule has 0 bridgehead atoms. The summed E-state index contributed by atoms with van der Waals surface area (Å²) in [6.07, 6.45) is 0. The zero-order valence-corrected chi connectivity index (χ0v) is 54.7. The molecule has 0 saturated carbocycles. The molecule has 2 atom stereocenters. The quantitative estimate of drug-likeness (QED) is 0.126. The van der Waals surface area contributed by atoms with Gasteiger partial charge in [0.15, 0.2) is 16.6 Å². The van der Waals surface area contributed by atoms with Crippen LogP contribution in [0.3, 0.4) is 0 Å². The molecule has 0 spiro atoms. The van der Waals surface area contributed by atoms with E-state index in [2.05, 4.69) is 138 Å². The third-order valence-corrected chi connectivity index (χ3v) is 98.6. The first-order chi connectivity index (χ1) is 25.2. The van der Waals surface area contributed by atoms with Gasteiger partial charge in [0.2, 0.25) is 0 Å². The molecule has 40 heteroatoms. The summed E-state index contributed by atoms with van der Waals surface area (Å²) in [5.74, 6) is 0. The summed E-state index contributed by atoms with van der Waals surface area (Å²) in [6.45, 7) is 38.4. The molecule has 23 nitrogen and oxygen atoms in total. The summed E-state index contributed by atoms with van der Waals surface area (Å²) in [7, 11) is -49.0. The maximum Gasteiger partial charge on any atom is 0.665 e. The molecule has 58 heavy (non-hydrogen) atoms. The monoisotopic (exact) mass is 1120 g/mol. The predicted molar refractivity (Wildman–Crippen MR) is 240 cm³/mol. The van der Waals surface area contributed by atoms with Gasteiger partial charge in [0, 0.05) is 0 Å². The Kier molecular flexibility index (Phi) is 14.4. The third-order valence-electron chi connectivity index (χ3n) is 9.32. The van der Waals surface area contributed by atoms with E-state index >= 15 is 0 Å². The Labute approximate surface area is 360 Å². The van der Waals surface area contributed by atoms with Gasteiger partial charge in [0.1, 0.15) is 10.5 Å². The Morgan fingerprint density at radius 3 is 0.828 bits per heavy atom. The van der Waals surface area contributed by atoms with Gasteiger partial charge in [-0.25, -0.2) is 0 Å². The number of fused-ring (bicyclic) bond motifs is 4. The van der Waals surface area contributed by atoms with E-state index < -0.39 is 135 Å². The van der Waals surface area contributed by atoms with Crippen LogP contribution in [0.25, 0.3) is 0 Å². The molecule has 2 unspecified atom stereocenters. The van der Waals surface area contributed by atoms with Gasteiger partial charge in [-0.1, -0.05) is 0 Å². The fraction of sp³-hybridized carbons (Fsp3) is 1.00. The Hall–Kier alpha value is 2.77. The SMILES string of the molecule is C[Si](C)(C)O[Si](C)(C)O[Si](C)(C)O[Si](C)(C)C.C[Si]12O[Si]3(C)O[Si]4(C)O[Si](C)(O1)[Si]1(C)O[Si]2(C)O[Si]3(C)O[Si]4(C)O1.O[Si](O)(O)O[Si]1(O)O[Si](O)(O)O[Si](O)(O[SiH3])O1. The first-order valence-electron chi connectivity index (χ1n) is 18.3. The van der Waals surface area contributed by atoms with Crippen LogP contribution in [0.15, 0.2) is 0 Å². The maximum atomic E-state index is 9.48. The van der Waals surface area contributed by atoms with Crippen LogP contribution in [-0.2, 0) is 65.8 Å². The molecule has 7 N–H and O–H groups in total. The lowest BCUT2D eigenvalue weighted by atomic mass is 11.8. The second-order valence-corrected chi connectivity index (χ2v) is 87.7. The van der Waals surface area contributed by atoms with Crippen molar-refractivity contribution in [1.29, 1.82) is 0 Å². The van der Waals surface area contributed by atoms with Gasteiger partial charge in [0.05, 0.1) is 0 Å². The van der Waals surface area contributed by atoms with Gasteiger partial charge in [-0.3, -0.25) is 0 Å². The highest BCUT2D eigenvalue weighted by atomic mass is 29.4. The Balaban J connectivity index is 0.000000199. The van der Waals surface area contributed by atoms with Crippen LogP contribution in [0.1, 0.15) is 0 Å². The Morgan fingerprint density at radius 1 is 0.379 bits per heavy atom. The van der Waals surface area contributed by atoms with E-state index in [0.29, 0.717) is 0 Å². The standard InChI is InChI=1S/C10H30O3Si4.C8H24O8Si8.H10O12Si5/c1-14(2,3)11-16(7,8)13-17(9,10)12-15(4,5)6;1-17-9-19(3)13-23(7)14-20(4,10-17)22(6)12-18(17,2)11-21(19,5)15-24(23,8)16-22;1-14(2,3)9-17(7)11-15(4,5)10-16(6,8-13)12-17/h1-10H3;1-8H3;1-7H,13H3. The molecule has 0 aromatic rings. The van der Waals surface area contributed by atoms with Crippen molar-refractivity contribution in [2.45, 2.75) is 118 Å². The summed E-state index contributed by atoms with van der Waals surface area (Å²) in [6, 6.07) is 0. The fourth-order valence-electron chi connectivity index (χ4n) is 7.59. The molecule has 5 fully saturated rings. The van der Waals surface area contributed by atoms with Gasteiger partial charge in [0.25, 0.3) is 0 Å². The molecule has 5 aliphatic heterocycles. The van der Waals surface area contributed by atoms with Crippen LogP contribution in [0.4, 0.5) is 0 Å². The van der Waals surface area contributed by atoms with Gasteiger partial charge < -0.3 is 99.4 Å². The second-order valence-electron chi connectivity index (χ2n) is 18.5. The van der Waals surface area contributed by atoms with Crippen molar-refractivity contribution < 1.29 is 99.4 Å². The van der Waals surface area contributed by atoms with Crippen LogP contribution in [0, 0.1) is 0 Å². The van der Waals surface area contributed by atoms with Gasteiger partial charge >= 0.3 is 118 Å². The number of rotatable bonds is 9. The van der Waals surface area contributed by atoms with E-state index in [1.807, 2.05) is 0 Å². The minimum atomic E-state index is -5.28. The second kappa shape index (κ2) is 15.7. The maximum absolute atomic E-state index is 9.48. The Morgan fingerprint density at radius 2 is 0.621 bits per heavy atom. The van der Waals surface area contributed by atoms with Crippen molar-refractivity contribution in [2.24, 2.45) is 0 Å². The predicted octanol–water partition coefficient (Wildman–Crippen LogP) is -1.76. The zero-order valence-electron chi connectivity index (χ0n) is 36.7. The molecule has 5 aliphatic rings. The minimum Gasteiger partial charge on any atom is -0.437 e. The Bertz CT molecular complexity index is 1350. The number of hydrogen-bond donors (Lipinski definition) is 7. The molecule has 5 heterocycles. The van der Waals surface area contributed by atoms with Crippen LogP contribution in [-0.4, -0.2) is 179 Å². The normalized spacial score (nSPS) is 45.9. The lowest BCUT2D eigenvalue weighted by Gasteiger charge is -2.73. The van der Waals surface area contributed by atoms with Crippen molar-refractivity contribution in [3.8, 4) is 0 Å². The first-order valence-corrected chi connectivity index (χ1v) is 60.9. The molecule has 0 radical (unpaired) electrons. The van der Waals surface area contributed by atoms with Gasteiger partial charge in [-0.2, -0.15) is 0 Å². The van der Waals surface area contributed by atoms with Gasteiger partial charge in [-0.05, 0) is 118 Å². The molecule has 5 rings (SSSR count). The largest absolute Gasteiger partial charge is 0.665 e. The average molecular weight is 1130 g/mol. The summed E-state index contributed by atoms with van der Waals surface area (Å²) in [5, 5.41) is 0. The summed E-state index contributed by atoms with van der Waals surface area (Å²) in [5.41, 5.74) is 0. The van der Waals surface area contributed by atoms with E-state index in [-0.39, 0.29) is 10.5 Å². The molecular weight excluding hydrogens is 1060 g/mol.